The molecule has 3 heteroatoms. The first kappa shape index (κ1) is 16.7. The van der Waals surface area contributed by atoms with Crippen LogP contribution in [0.2, 0.25) is 0 Å². The summed E-state index contributed by atoms with van der Waals surface area (Å²) in [4.78, 5) is 13.4. The summed E-state index contributed by atoms with van der Waals surface area (Å²) >= 11 is 0. The molecule has 1 fully saturated rings. The van der Waals surface area contributed by atoms with Crippen molar-refractivity contribution in [3.05, 3.63) is 70.8 Å². The molecule has 0 bridgehead atoms. The molecule has 0 aliphatic heterocycles. The zero-order valence-corrected chi connectivity index (χ0v) is 14.4. The van der Waals surface area contributed by atoms with E-state index in [9.17, 15) is 4.79 Å². The molecule has 1 N–H and O–H groups in total. The molecule has 2 unspecified atom stereocenters. The maximum absolute atomic E-state index is 11.0. The third-order valence-corrected chi connectivity index (χ3v) is 5.18. The molecule has 2 atom stereocenters. The quantitative estimate of drug-likeness (QED) is 0.883. The molecule has 2 aromatic rings. The highest BCUT2D eigenvalue weighted by Crippen LogP contribution is 2.37. The zero-order chi connectivity index (χ0) is 17.1. The lowest BCUT2D eigenvalue weighted by atomic mass is 9.92. The molecule has 24 heavy (non-hydrogen) atoms. The maximum Gasteiger partial charge on any atom is 0.335 e. The van der Waals surface area contributed by atoms with Gasteiger partial charge in [-0.2, -0.15) is 0 Å². The molecule has 1 aliphatic rings. The van der Waals surface area contributed by atoms with E-state index in [1.54, 1.807) is 12.1 Å². The Labute approximate surface area is 143 Å². The minimum absolute atomic E-state index is 0.347. The summed E-state index contributed by atoms with van der Waals surface area (Å²) in [6.45, 7) is 2.98. The number of carboxylic acid groups (broad SMARTS) is 1. The van der Waals surface area contributed by atoms with Gasteiger partial charge < -0.3 is 5.11 Å². The van der Waals surface area contributed by atoms with Gasteiger partial charge in [0.25, 0.3) is 0 Å². The van der Waals surface area contributed by atoms with Gasteiger partial charge in [0.2, 0.25) is 0 Å². The summed E-state index contributed by atoms with van der Waals surface area (Å²) in [5.41, 5.74) is 4.26. The molecule has 3 rings (SSSR count). The molecule has 0 radical (unpaired) electrons. The summed E-state index contributed by atoms with van der Waals surface area (Å²) < 4.78 is 0. The molecule has 0 aromatic heterocycles. The predicted molar refractivity (Wildman–Crippen MR) is 96.4 cm³/mol. The standard InChI is InChI=1S/C21H25NO2/c1-15-6-10-17(11-7-15)19-4-3-5-20(19)22(2)14-16-8-12-18(13-9-16)21(23)24/h6-13,19-20H,3-5,14H2,1-2H3,(H,23,24). The molecule has 0 heterocycles. The number of hydrogen-bond acceptors (Lipinski definition) is 2. The molecular formula is C21H25NO2. The second kappa shape index (κ2) is 7.18. The molecule has 0 saturated heterocycles. The van der Waals surface area contributed by atoms with Crippen LogP contribution in [-0.4, -0.2) is 29.1 Å². The molecule has 0 spiro atoms. The summed E-state index contributed by atoms with van der Waals surface area (Å²) in [7, 11) is 2.18. The van der Waals surface area contributed by atoms with Crippen molar-refractivity contribution in [3.8, 4) is 0 Å². The van der Waals surface area contributed by atoms with E-state index in [1.807, 2.05) is 12.1 Å². The van der Waals surface area contributed by atoms with Gasteiger partial charge in [-0.1, -0.05) is 48.4 Å². The Hall–Kier alpha value is -2.13. The average molecular weight is 323 g/mol. The van der Waals surface area contributed by atoms with Crippen molar-refractivity contribution in [2.45, 2.75) is 44.7 Å². The Balaban J connectivity index is 1.70. The van der Waals surface area contributed by atoms with Gasteiger partial charge >= 0.3 is 5.97 Å². The van der Waals surface area contributed by atoms with Gasteiger partial charge in [-0.15, -0.1) is 0 Å². The average Bonchev–Trinajstić information content (AvgIpc) is 3.06. The Morgan fingerprint density at radius 2 is 1.75 bits per heavy atom. The Kier molecular flexibility index (Phi) is 5.00. The minimum Gasteiger partial charge on any atom is -0.478 e. The lowest BCUT2D eigenvalue weighted by Crippen LogP contribution is -2.33. The van der Waals surface area contributed by atoms with Crippen LogP contribution in [0.5, 0.6) is 0 Å². The van der Waals surface area contributed by atoms with Crippen LogP contribution in [0.1, 0.15) is 52.2 Å². The smallest absolute Gasteiger partial charge is 0.335 e. The van der Waals surface area contributed by atoms with Gasteiger partial charge in [0.1, 0.15) is 0 Å². The van der Waals surface area contributed by atoms with Crippen LogP contribution in [0.25, 0.3) is 0 Å². The van der Waals surface area contributed by atoms with Crippen LogP contribution in [0.3, 0.4) is 0 Å². The van der Waals surface area contributed by atoms with Crippen LogP contribution in [0.4, 0.5) is 0 Å². The molecule has 126 valence electrons. The van der Waals surface area contributed by atoms with Gasteiger partial charge in [-0.25, -0.2) is 4.79 Å². The fraction of sp³-hybridized carbons (Fsp3) is 0.381. The van der Waals surface area contributed by atoms with Crippen LogP contribution in [-0.2, 0) is 6.54 Å². The number of carboxylic acids is 1. The van der Waals surface area contributed by atoms with Crippen molar-refractivity contribution in [3.63, 3.8) is 0 Å². The topological polar surface area (TPSA) is 40.5 Å². The number of hydrogen-bond donors (Lipinski definition) is 1. The Morgan fingerprint density at radius 1 is 1.08 bits per heavy atom. The van der Waals surface area contributed by atoms with Crippen molar-refractivity contribution in [2.24, 2.45) is 0 Å². The van der Waals surface area contributed by atoms with E-state index in [-0.39, 0.29) is 0 Å². The van der Waals surface area contributed by atoms with E-state index < -0.39 is 5.97 Å². The SMILES string of the molecule is Cc1ccc(C2CCCC2N(C)Cc2ccc(C(=O)O)cc2)cc1. The first-order valence-electron chi connectivity index (χ1n) is 8.63. The van der Waals surface area contributed by atoms with Crippen LogP contribution in [0, 0.1) is 6.92 Å². The summed E-state index contributed by atoms with van der Waals surface area (Å²) in [5, 5.41) is 9.00. The highest BCUT2D eigenvalue weighted by Gasteiger charge is 2.31. The number of carbonyl (C=O) groups is 1. The second-order valence-corrected chi connectivity index (χ2v) is 6.93. The number of nitrogens with zero attached hydrogens (tertiary/aromatic N) is 1. The van der Waals surface area contributed by atoms with Crippen LogP contribution in [0.15, 0.2) is 48.5 Å². The lowest BCUT2D eigenvalue weighted by molar-refractivity contribution is 0.0697. The highest BCUT2D eigenvalue weighted by molar-refractivity contribution is 5.87. The van der Waals surface area contributed by atoms with E-state index >= 15 is 0 Å². The molecule has 0 amide bonds. The second-order valence-electron chi connectivity index (χ2n) is 6.93. The van der Waals surface area contributed by atoms with E-state index in [0.717, 1.165) is 12.1 Å². The number of aromatic carboxylic acids is 1. The van der Waals surface area contributed by atoms with Crippen molar-refractivity contribution in [1.29, 1.82) is 0 Å². The summed E-state index contributed by atoms with van der Waals surface area (Å²) in [6, 6.07) is 16.7. The maximum atomic E-state index is 11.0. The van der Waals surface area contributed by atoms with Crippen molar-refractivity contribution in [2.75, 3.05) is 7.05 Å². The molecule has 3 nitrogen and oxygen atoms in total. The highest BCUT2D eigenvalue weighted by atomic mass is 16.4. The third kappa shape index (κ3) is 3.68. The minimum atomic E-state index is -0.870. The van der Waals surface area contributed by atoms with E-state index in [2.05, 4.69) is 43.1 Å². The number of aryl methyl sites for hydroxylation is 1. The Bertz CT molecular complexity index is 691. The first-order chi connectivity index (χ1) is 11.5. The van der Waals surface area contributed by atoms with Crippen molar-refractivity contribution in [1.82, 2.24) is 4.90 Å². The predicted octanol–water partition coefficient (Wildman–Crippen LogP) is 4.46. The van der Waals surface area contributed by atoms with Crippen LogP contribution >= 0.6 is 0 Å². The molecule has 2 aromatic carbocycles. The fourth-order valence-corrected chi connectivity index (χ4v) is 3.83. The summed E-state index contributed by atoms with van der Waals surface area (Å²) in [6.07, 6.45) is 3.74. The number of benzene rings is 2. The van der Waals surface area contributed by atoms with Gasteiger partial charge in [0.15, 0.2) is 0 Å². The van der Waals surface area contributed by atoms with E-state index in [1.165, 1.54) is 30.4 Å². The molecule has 1 aliphatic carbocycles. The lowest BCUT2D eigenvalue weighted by Gasteiger charge is -2.30. The monoisotopic (exact) mass is 323 g/mol. The Morgan fingerprint density at radius 3 is 2.38 bits per heavy atom. The number of likely N-dealkylation sites (N-methyl/N-ethyl adjacent to an activating group) is 1. The number of rotatable bonds is 5. The van der Waals surface area contributed by atoms with Gasteiger partial charge in [-0.05, 0) is 56.0 Å². The van der Waals surface area contributed by atoms with E-state index in [4.69, 9.17) is 5.11 Å². The van der Waals surface area contributed by atoms with Crippen molar-refractivity contribution < 1.29 is 9.90 Å². The van der Waals surface area contributed by atoms with Crippen molar-refractivity contribution >= 4 is 5.97 Å². The van der Waals surface area contributed by atoms with E-state index in [0.29, 0.717) is 17.5 Å². The van der Waals surface area contributed by atoms with Gasteiger partial charge in [-0.3, -0.25) is 4.90 Å². The normalized spacial score (nSPS) is 20.5. The summed E-state index contributed by atoms with van der Waals surface area (Å²) in [5.74, 6) is -0.279. The third-order valence-electron chi connectivity index (χ3n) is 5.18. The van der Waals surface area contributed by atoms with Crippen LogP contribution < -0.4 is 0 Å². The van der Waals surface area contributed by atoms with Gasteiger partial charge in [0.05, 0.1) is 5.56 Å². The molecule has 1 saturated carbocycles. The van der Waals surface area contributed by atoms with Gasteiger partial charge in [0, 0.05) is 12.6 Å². The fourth-order valence-electron chi connectivity index (χ4n) is 3.83. The largest absolute Gasteiger partial charge is 0.478 e. The molecular weight excluding hydrogens is 298 g/mol. The zero-order valence-electron chi connectivity index (χ0n) is 14.4. The first-order valence-corrected chi connectivity index (χ1v) is 8.63.